The Morgan fingerprint density at radius 1 is 1.57 bits per heavy atom. The van der Waals surface area contributed by atoms with E-state index in [2.05, 4.69) is 15.9 Å². The lowest BCUT2D eigenvalue weighted by Crippen LogP contribution is -1.94. The fourth-order valence-corrected chi connectivity index (χ4v) is 2.28. The summed E-state index contributed by atoms with van der Waals surface area (Å²) in [6, 6.07) is 3.09. The average Bonchev–Trinajstić information content (AvgIpc) is 2.16. The fraction of sp³-hybridized carbons (Fsp3) is 0.250. The molecule has 4 nitrogen and oxygen atoms in total. The van der Waals surface area contributed by atoms with Crippen molar-refractivity contribution in [3.8, 4) is 5.75 Å². The van der Waals surface area contributed by atoms with Crippen molar-refractivity contribution in [3.63, 3.8) is 0 Å². The monoisotopic (exact) mass is 277 g/mol. The van der Waals surface area contributed by atoms with Crippen molar-refractivity contribution < 1.29 is 9.66 Å². The van der Waals surface area contributed by atoms with Crippen molar-refractivity contribution in [2.24, 2.45) is 0 Å². The van der Waals surface area contributed by atoms with Crippen LogP contribution in [0.1, 0.15) is 0 Å². The molecule has 0 aliphatic heterocycles. The third kappa shape index (κ3) is 2.19. The Morgan fingerprint density at radius 3 is 2.64 bits per heavy atom. The van der Waals surface area contributed by atoms with E-state index in [0.717, 1.165) is 9.37 Å². The largest absolute Gasteiger partial charge is 0.490 e. The van der Waals surface area contributed by atoms with E-state index in [4.69, 9.17) is 4.74 Å². The highest BCUT2D eigenvalue weighted by molar-refractivity contribution is 9.10. The lowest BCUT2D eigenvalue weighted by molar-refractivity contribution is -0.386. The summed E-state index contributed by atoms with van der Waals surface area (Å²) in [6.07, 6.45) is 1.86. The highest BCUT2D eigenvalue weighted by atomic mass is 79.9. The van der Waals surface area contributed by atoms with Gasteiger partial charge in [-0.3, -0.25) is 10.1 Å². The van der Waals surface area contributed by atoms with Crippen molar-refractivity contribution in [3.05, 3.63) is 26.7 Å². The number of methoxy groups -OCH3 is 1. The van der Waals surface area contributed by atoms with Gasteiger partial charge in [0.05, 0.1) is 12.0 Å². The molecule has 0 radical (unpaired) electrons. The smallest absolute Gasteiger partial charge is 0.312 e. The minimum absolute atomic E-state index is 0.0138. The predicted molar refractivity (Wildman–Crippen MR) is 59.1 cm³/mol. The molecule has 6 heteroatoms. The van der Waals surface area contributed by atoms with Gasteiger partial charge in [-0.15, -0.1) is 11.8 Å². The lowest BCUT2D eigenvalue weighted by atomic mass is 10.3. The molecule has 14 heavy (non-hydrogen) atoms. The molecule has 0 spiro atoms. The van der Waals surface area contributed by atoms with Crippen LogP contribution in [-0.4, -0.2) is 18.3 Å². The molecule has 0 bridgehead atoms. The maximum atomic E-state index is 10.7. The first kappa shape index (κ1) is 11.3. The molecule has 0 aliphatic carbocycles. The van der Waals surface area contributed by atoms with Crippen LogP contribution in [0.2, 0.25) is 0 Å². The second kappa shape index (κ2) is 4.65. The van der Waals surface area contributed by atoms with Crippen LogP contribution in [0.3, 0.4) is 0 Å². The Balaban J connectivity index is 3.32. The van der Waals surface area contributed by atoms with E-state index < -0.39 is 4.92 Å². The number of nitrogens with zero attached hydrogens (tertiary/aromatic N) is 1. The van der Waals surface area contributed by atoms with Gasteiger partial charge in [0, 0.05) is 21.5 Å². The van der Waals surface area contributed by atoms with Crippen LogP contribution < -0.4 is 4.74 Å². The number of thioether (sulfide) groups is 1. The van der Waals surface area contributed by atoms with Crippen LogP contribution in [0.15, 0.2) is 21.5 Å². The zero-order valence-electron chi connectivity index (χ0n) is 7.61. The Morgan fingerprint density at radius 2 is 2.21 bits per heavy atom. The summed E-state index contributed by atoms with van der Waals surface area (Å²) >= 11 is 4.75. The molecule has 0 aliphatic rings. The maximum absolute atomic E-state index is 10.7. The van der Waals surface area contributed by atoms with Gasteiger partial charge in [0.15, 0.2) is 5.75 Å². The topological polar surface area (TPSA) is 52.4 Å². The predicted octanol–water partition coefficient (Wildman–Crippen LogP) is 3.09. The van der Waals surface area contributed by atoms with Gasteiger partial charge in [0.2, 0.25) is 0 Å². The number of rotatable bonds is 3. The van der Waals surface area contributed by atoms with Crippen molar-refractivity contribution in [1.29, 1.82) is 0 Å². The zero-order valence-corrected chi connectivity index (χ0v) is 10.0. The molecule has 0 N–H and O–H groups in total. The normalized spacial score (nSPS) is 9.93. The van der Waals surface area contributed by atoms with Gasteiger partial charge in [-0.1, -0.05) is 0 Å². The summed E-state index contributed by atoms with van der Waals surface area (Å²) < 4.78 is 5.70. The summed E-state index contributed by atoms with van der Waals surface area (Å²) in [5, 5.41) is 10.7. The number of nitro groups is 1. The Hall–Kier alpha value is -0.750. The molecule has 0 unspecified atom stereocenters. The molecule has 0 atom stereocenters. The number of ether oxygens (including phenoxy) is 1. The number of nitro benzene ring substituents is 1. The molecular weight excluding hydrogens is 270 g/mol. The fourth-order valence-electron chi connectivity index (χ4n) is 0.987. The third-order valence-electron chi connectivity index (χ3n) is 1.65. The summed E-state index contributed by atoms with van der Waals surface area (Å²) in [7, 11) is 1.41. The van der Waals surface area contributed by atoms with E-state index in [1.54, 1.807) is 6.07 Å². The number of hydrogen-bond acceptors (Lipinski definition) is 4. The van der Waals surface area contributed by atoms with E-state index in [-0.39, 0.29) is 11.4 Å². The minimum atomic E-state index is -0.453. The van der Waals surface area contributed by atoms with E-state index in [0.29, 0.717) is 0 Å². The van der Waals surface area contributed by atoms with Gasteiger partial charge in [-0.25, -0.2) is 0 Å². The summed E-state index contributed by atoms with van der Waals surface area (Å²) in [6.45, 7) is 0. The first-order valence-electron chi connectivity index (χ1n) is 3.66. The number of hydrogen-bond donors (Lipinski definition) is 0. The Labute approximate surface area is 93.9 Å². The van der Waals surface area contributed by atoms with Gasteiger partial charge in [0.25, 0.3) is 0 Å². The Kier molecular flexibility index (Phi) is 3.77. The van der Waals surface area contributed by atoms with Crippen LogP contribution in [-0.2, 0) is 0 Å². The van der Waals surface area contributed by atoms with Crippen molar-refractivity contribution >= 4 is 33.4 Å². The van der Waals surface area contributed by atoms with Crippen LogP contribution in [0.4, 0.5) is 5.69 Å². The molecule has 1 aromatic rings. The maximum Gasteiger partial charge on any atom is 0.312 e. The summed E-state index contributed by atoms with van der Waals surface area (Å²) in [4.78, 5) is 11.0. The van der Waals surface area contributed by atoms with Crippen LogP contribution >= 0.6 is 27.7 Å². The molecule has 0 saturated heterocycles. The summed E-state index contributed by atoms with van der Waals surface area (Å²) in [5.41, 5.74) is -0.0138. The van der Waals surface area contributed by atoms with Crippen LogP contribution in [0.25, 0.3) is 0 Å². The van der Waals surface area contributed by atoms with Crippen LogP contribution in [0, 0.1) is 10.1 Å². The molecular formula is C8H8BrNO3S. The molecule has 0 heterocycles. The molecule has 1 rings (SSSR count). The van der Waals surface area contributed by atoms with Crippen molar-refractivity contribution in [1.82, 2.24) is 0 Å². The quantitative estimate of drug-likeness (QED) is 0.484. The minimum Gasteiger partial charge on any atom is -0.490 e. The van der Waals surface area contributed by atoms with Gasteiger partial charge in [-0.2, -0.15) is 0 Å². The molecule has 0 amide bonds. The SMILES string of the molecule is COc1cc(Br)c(SC)cc1[N+](=O)[O-]. The van der Waals surface area contributed by atoms with Gasteiger partial charge < -0.3 is 4.74 Å². The highest BCUT2D eigenvalue weighted by Gasteiger charge is 2.17. The second-order valence-corrected chi connectivity index (χ2v) is 4.12. The van der Waals surface area contributed by atoms with E-state index in [9.17, 15) is 10.1 Å². The first-order chi connectivity index (χ1) is 6.60. The molecule has 0 fully saturated rings. The van der Waals surface area contributed by atoms with Gasteiger partial charge >= 0.3 is 5.69 Å². The lowest BCUT2D eigenvalue weighted by Gasteiger charge is -2.05. The van der Waals surface area contributed by atoms with Crippen molar-refractivity contribution in [2.75, 3.05) is 13.4 Å². The summed E-state index contributed by atoms with van der Waals surface area (Å²) in [5.74, 6) is 0.264. The van der Waals surface area contributed by atoms with E-state index in [1.165, 1.54) is 24.9 Å². The van der Waals surface area contributed by atoms with Crippen molar-refractivity contribution in [2.45, 2.75) is 4.90 Å². The second-order valence-electron chi connectivity index (χ2n) is 2.42. The molecule has 0 aromatic heterocycles. The van der Waals surface area contributed by atoms with Gasteiger partial charge in [-0.05, 0) is 22.2 Å². The molecule has 0 saturated carbocycles. The number of benzene rings is 1. The average molecular weight is 278 g/mol. The number of halogens is 1. The van der Waals surface area contributed by atoms with E-state index in [1.807, 2.05) is 6.26 Å². The Bertz CT molecular complexity index is 370. The molecule has 1 aromatic carbocycles. The highest BCUT2D eigenvalue weighted by Crippen LogP contribution is 2.36. The standard InChI is InChI=1S/C8H8BrNO3S/c1-13-7-3-5(9)8(14-2)4-6(7)10(11)12/h3-4H,1-2H3. The van der Waals surface area contributed by atoms with E-state index >= 15 is 0 Å². The van der Waals surface area contributed by atoms with Crippen LogP contribution in [0.5, 0.6) is 5.75 Å². The first-order valence-corrected chi connectivity index (χ1v) is 5.67. The molecule has 76 valence electrons. The van der Waals surface area contributed by atoms with Gasteiger partial charge in [0.1, 0.15) is 0 Å². The zero-order chi connectivity index (χ0) is 10.7. The third-order valence-corrected chi connectivity index (χ3v) is 3.35.